The summed E-state index contributed by atoms with van der Waals surface area (Å²) in [4.78, 5) is 25.8. The highest BCUT2D eigenvalue weighted by molar-refractivity contribution is 6.07. The molecule has 0 aromatic heterocycles. The average Bonchev–Trinajstić information content (AvgIpc) is 2.60. The van der Waals surface area contributed by atoms with E-state index in [2.05, 4.69) is 4.74 Å². The average molecular weight is 315 g/mol. The summed E-state index contributed by atoms with van der Waals surface area (Å²) in [6.45, 7) is -0.0448. The monoisotopic (exact) mass is 315 g/mol. The predicted octanol–water partition coefficient (Wildman–Crippen LogP) is 2.41. The van der Waals surface area contributed by atoms with Gasteiger partial charge in [0.15, 0.2) is 0 Å². The summed E-state index contributed by atoms with van der Waals surface area (Å²) < 4.78 is 24.2. The molecule has 1 aliphatic heterocycles. The van der Waals surface area contributed by atoms with Crippen LogP contribution in [0.2, 0.25) is 0 Å². The number of fused-ring (bicyclic) bond motifs is 1. The van der Waals surface area contributed by atoms with Gasteiger partial charge in [-0.3, -0.25) is 4.79 Å². The van der Waals surface area contributed by atoms with Crippen molar-refractivity contribution in [1.82, 2.24) is 0 Å². The molecule has 3 rings (SSSR count). The van der Waals surface area contributed by atoms with Crippen molar-refractivity contribution >= 4 is 17.6 Å². The molecule has 2 aromatic rings. The second-order valence-corrected chi connectivity index (χ2v) is 4.99. The van der Waals surface area contributed by atoms with Crippen LogP contribution in [0.5, 0.6) is 5.75 Å². The molecule has 1 amide bonds. The number of amides is 1. The predicted molar refractivity (Wildman–Crippen MR) is 81.0 cm³/mol. The van der Waals surface area contributed by atoms with Gasteiger partial charge in [-0.05, 0) is 24.3 Å². The van der Waals surface area contributed by atoms with Gasteiger partial charge in [-0.25, -0.2) is 9.18 Å². The number of methoxy groups -OCH3 is 1. The maximum Gasteiger partial charge on any atom is 0.348 e. The number of carbonyl (C=O) groups is 2. The number of hydrogen-bond donors (Lipinski definition) is 0. The Morgan fingerprint density at radius 1 is 1.17 bits per heavy atom. The van der Waals surface area contributed by atoms with Crippen molar-refractivity contribution in [3.8, 4) is 5.75 Å². The number of carbonyl (C=O) groups excluding carboxylic acids is 2. The van der Waals surface area contributed by atoms with Crippen LogP contribution < -0.4 is 9.64 Å². The maximum absolute atomic E-state index is 13.9. The van der Waals surface area contributed by atoms with Gasteiger partial charge < -0.3 is 14.4 Å². The third-order valence-electron chi connectivity index (χ3n) is 3.59. The molecule has 0 N–H and O–H groups in total. The molecule has 5 nitrogen and oxygen atoms in total. The van der Waals surface area contributed by atoms with E-state index in [4.69, 9.17) is 4.74 Å². The summed E-state index contributed by atoms with van der Waals surface area (Å²) in [5, 5.41) is 0. The normalized spacial score (nSPS) is 16.3. The molecule has 0 saturated heterocycles. The van der Waals surface area contributed by atoms with Gasteiger partial charge in [0, 0.05) is 0 Å². The summed E-state index contributed by atoms with van der Waals surface area (Å²) >= 11 is 0. The fraction of sp³-hybridized carbons (Fsp3) is 0.176. The second kappa shape index (κ2) is 6.08. The zero-order valence-corrected chi connectivity index (χ0v) is 12.4. The van der Waals surface area contributed by atoms with Crippen molar-refractivity contribution in [3.63, 3.8) is 0 Å². The summed E-state index contributed by atoms with van der Waals surface area (Å²) in [6, 6.07) is 12.5. The molecule has 0 saturated carbocycles. The van der Waals surface area contributed by atoms with Crippen molar-refractivity contribution in [3.05, 3.63) is 59.9 Å². The van der Waals surface area contributed by atoms with Gasteiger partial charge in [-0.15, -0.1) is 0 Å². The molecular formula is C17H14FNO4. The minimum Gasteiger partial charge on any atom is -0.475 e. The molecule has 1 unspecified atom stereocenters. The van der Waals surface area contributed by atoms with Gasteiger partial charge in [-0.2, -0.15) is 0 Å². The van der Waals surface area contributed by atoms with Gasteiger partial charge in [0.1, 0.15) is 11.6 Å². The third-order valence-corrected chi connectivity index (χ3v) is 3.59. The van der Waals surface area contributed by atoms with Gasteiger partial charge in [0.25, 0.3) is 5.91 Å². The number of nitrogens with zero attached hydrogens (tertiary/aromatic N) is 1. The lowest BCUT2D eigenvalue weighted by molar-refractivity contribution is -0.148. The van der Waals surface area contributed by atoms with Crippen LogP contribution in [0.25, 0.3) is 0 Å². The van der Waals surface area contributed by atoms with Crippen molar-refractivity contribution in [2.45, 2.75) is 6.10 Å². The lowest BCUT2D eigenvalue weighted by Crippen LogP contribution is -2.47. The molecule has 0 aliphatic carbocycles. The minimum absolute atomic E-state index is 0.0448. The van der Waals surface area contributed by atoms with Crippen LogP contribution in [0.1, 0.15) is 10.4 Å². The fourth-order valence-corrected chi connectivity index (χ4v) is 2.46. The maximum atomic E-state index is 13.9. The van der Waals surface area contributed by atoms with Crippen molar-refractivity contribution in [2.75, 3.05) is 18.6 Å². The zero-order chi connectivity index (χ0) is 16.4. The highest BCUT2D eigenvalue weighted by atomic mass is 19.1. The molecule has 6 heteroatoms. The number of rotatable bonds is 2. The standard InChI is InChI=1S/C17H14FNO4/c1-22-17(21)15-10-19(13-8-4-5-9-14(13)23-15)16(20)11-6-2-3-7-12(11)18/h2-9,15H,10H2,1H3. The highest BCUT2D eigenvalue weighted by Crippen LogP contribution is 2.34. The van der Waals surface area contributed by atoms with E-state index >= 15 is 0 Å². The summed E-state index contributed by atoms with van der Waals surface area (Å²) in [5.74, 6) is -1.37. The summed E-state index contributed by atoms with van der Waals surface area (Å²) in [6.07, 6.45) is -0.953. The lowest BCUT2D eigenvalue weighted by atomic mass is 10.1. The van der Waals surface area contributed by atoms with E-state index in [0.717, 1.165) is 0 Å². The first kappa shape index (κ1) is 15.0. The third kappa shape index (κ3) is 2.75. The van der Waals surface area contributed by atoms with Gasteiger partial charge >= 0.3 is 5.97 Å². The molecule has 1 atom stereocenters. The summed E-state index contributed by atoms with van der Waals surface area (Å²) in [7, 11) is 1.25. The largest absolute Gasteiger partial charge is 0.475 e. The van der Waals surface area contributed by atoms with E-state index in [1.54, 1.807) is 30.3 Å². The van der Waals surface area contributed by atoms with Crippen LogP contribution in [0.15, 0.2) is 48.5 Å². The molecule has 0 bridgehead atoms. The first-order chi connectivity index (χ1) is 11.1. The SMILES string of the molecule is COC(=O)C1CN(C(=O)c2ccccc2F)c2ccccc2O1. The molecule has 23 heavy (non-hydrogen) atoms. The van der Waals surface area contributed by atoms with Crippen LogP contribution in [-0.2, 0) is 9.53 Å². The molecule has 2 aromatic carbocycles. The Hall–Kier alpha value is -2.89. The molecule has 1 aliphatic rings. The molecule has 0 fully saturated rings. The van der Waals surface area contributed by atoms with Crippen LogP contribution in [-0.4, -0.2) is 31.6 Å². The second-order valence-electron chi connectivity index (χ2n) is 4.99. The fourth-order valence-electron chi connectivity index (χ4n) is 2.46. The quantitative estimate of drug-likeness (QED) is 0.799. The first-order valence-corrected chi connectivity index (χ1v) is 7.01. The lowest BCUT2D eigenvalue weighted by Gasteiger charge is -2.33. The number of anilines is 1. The summed E-state index contributed by atoms with van der Waals surface area (Å²) in [5.41, 5.74) is 0.425. The van der Waals surface area contributed by atoms with Crippen molar-refractivity contribution in [1.29, 1.82) is 0 Å². The Morgan fingerprint density at radius 3 is 2.61 bits per heavy atom. The Labute approximate surface area is 132 Å². The van der Waals surface area contributed by atoms with E-state index in [1.807, 2.05) is 0 Å². The smallest absolute Gasteiger partial charge is 0.348 e. The van der Waals surface area contributed by atoms with Gasteiger partial charge in [-0.1, -0.05) is 24.3 Å². The number of ether oxygens (including phenoxy) is 2. The highest BCUT2D eigenvalue weighted by Gasteiger charge is 2.35. The number of benzene rings is 2. The molecule has 0 radical (unpaired) electrons. The Morgan fingerprint density at radius 2 is 1.87 bits per heavy atom. The van der Waals surface area contributed by atoms with Gasteiger partial charge in [0.05, 0.1) is 24.9 Å². The van der Waals surface area contributed by atoms with E-state index in [0.29, 0.717) is 11.4 Å². The molecule has 0 spiro atoms. The number of halogens is 1. The Balaban J connectivity index is 2.01. The number of para-hydroxylation sites is 2. The van der Waals surface area contributed by atoms with Crippen molar-refractivity contribution < 1.29 is 23.5 Å². The van der Waals surface area contributed by atoms with E-state index in [-0.39, 0.29) is 12.1 Å². The number of esters is 1. The molecule has 1 heterocycles. The number of hydrogen-bond acceptors (Lipinski definition) is 4. The van der Waals surface area contributed by atoms with E-state index in [1.165, 1.54) is 30.2 Å². The van der Waals surface area contributed by atoms with Crippen LogP contribution >= 0.6 is 0 Å². The van der Waals surface area contributed by atoms with Crippen LogP contribution in [0.3, 0.4) is 0 Å². The Kier molecular flexibility index (Phi) is 3.97. The van der Waals surface area contributed by atoms with Crippen LogP contribution in [0, 0.1) is 5.82 Å². The van der Waals surface area contributed by atoms with Crippen LogP contribution in [0.4, 0.5) is 10.1 Å². The topological polar surface area (TPSA) is 55.8 Å². The minimum atomic E-state index is -0.953. The van der Waals surface area contributed by atoms with Crippen molar-refractivity contribution in [2.24, 2.45) is 0 Å². The first-order valence-electron chi connectivity index (χ1n) is 7.01. The Bertz CT molecular complexity index is 762. The van der Waals surface area contributed by atoms with Gasteiger partial charge in [0.2, 0.25) is 6.10 Å². The van der Waals surface area contributed by atoms with E-state index in [9.17, 15) is 14.0 Å². The van der Waals surface area contributed by atoms with E-state index < -0.39 is 23.8 Å². The zero-order valence-electron chi connectivity index (χ0n) is 12.4. The molecular weight excluding hydrogens is 301 g/mol. The molecule has 118 valence electrons.